The Morgan fingerprint density at radius 2 is 1.08 bits per heavy atom. The first kappa shape index (κ1) is 27.9. The summed E-state index contributed by atoms with van der Waals surface area (Å²) in [4.78, 5) is 9.19. The SMILES string of the molecule is c1ccc(-n2c3ccc(-c4cccc(-c5ccc6c(c5)c5ccccc5n6-c5ccc6oc7ccncc7c6c5)c4)cc3c3ncccc32)cc1. The first-order chi connectivity index (χ1) is 25.3. The van der Waals surface area contributed by atoms with Crippen LogP contribution in [0.25, 0.3) is 99.3 Å². The smallest absolute Gasteiger partial charge is 0.138 e. The molecule has 5 heterocycles. The molecule has 0 radical (unpaired) electrons. The number of nitrogens with zero attached hydrogens (tertiary/aromatic N) is 4. The second-order valence-corrected chi connectivity index (χ2v) is 13.1. The van der Waals surface area contributed by atoms with E-state index in [0.29, 0.717) is 0 Å². The van der Waals surface area contributed by atoms with Gasteiger partial charge in [0.2, 0.25) is 0 Å². The van der Waals surface area contributed by atoms with Crippen molar-refractivity contribution in [3.05, 3.63) is 170 Å². The normalized spacial score (nSPS) is 11.9. The highest BCUT2D eigenvalue weighted by Gasteiger charge is 2.17. The molecule has 11 rings (SSSR count). The van der Waals surface area contributed by atoms with Gasteiger partial charge in [-0.05, 0) is 107 Å². The Bertz CT molecular complexity index is 3150. The second-order valence-electron chi connectivity index (χ2n) is 13.1. The Hall–Kier alpha value is -6.98. The van der Waals surface area contributed by atoms with Gasteiger partial charge in [0.25, 0.3) is 0 Å². The lowest BCUT2D eigenvalue weighted by molar-refractivity contribution is 0.668. The maximum Gasteiger partial charge on any atom is 0.138 e. The van der Waals surface area contributed by atoms with Crippen molar-refractivity contribution in [2.45, 2.75) is 0 Å². The average molecular weight is 653 g/mol. The van der Waals surface area contributed by atoms with E-state index in [0.717, 1.165) is 66.3 Å². The van der Waals surface area contributed by atoms with Crippen LogP contribution in [0.1, 0.15) is 0 Å². The molecule has 0 amide bonds. The van der Waals surface area contributed by atoms with Crippen LogP contribution < -0.4 is 0 Å². The van der Waals surface area contributed by atoms with Crippen LogP contribution in [0, 0.1) is 0 Å². The van der Waals surface area contributed by atoms with Crippen LogP contribution >= 0.6 is 0 Å². The van der Waals surface area contributed by atoms with Crippen LogP contribution in [-0.2, 0) is 0 Å². The number of para-hydroxylation sites is 2. The van der Waals surface area contributed by atoms with Crippen LogP contribution in [0.4, 0.5) is 0 Å². The van der Waals surface area contributed by atoms with Crippen molar-refractivity contribution in [2.75, 3.05) is 0 Å². The van der Waals surface area contributed by atoms with E-state index in [2.05, 4.69) is 154 Å². The third-order valence-electron chi connectivity index (χ3n) is 10.2. The third kappa shape index (κ3) is 4.22. The summed E-state index contributed by atoms with van der Waals surface area (Å²) in [6, 6.07) is 54.1. The molecule has 6 aromatic carbocycles. The fourth-order valence-corrected chi connectivity index (χ4v) is 7.93. The monoisotopic (exact) mass is 652 g/mol. The number of fused-ring (bicyclic) bond motifs is 9. The van der Waals surface area contributed by atoms with E-state index in [1.807, 2.05) is 24.5 Å². The Labute approximate surface area is 292 Å². The van der Waals surface area contributed by atoms with Crippen molar-refractivity contribution in [3.8, 4) is 33.6 Å². The molecule has 51 heavy (non-hydrogen) atoms. The molecular weight excluding hydrogens is 625 g/mol. The van der Waals surface area contributed by atoms with E-state index in [-0.39, 0.29) is 0 Å². The number of hydrogen-bond donors (Lipinski definition) is 0. The number of aromatic nitrogens is 4. The average Bonchev–Trinajstić information content (AvgIpc) is 3.85. The van der Waals surface area contributed by atoms with Crippen LogP contribution in [0.3, 0.4) is 0 Å². The lowest BCUT2D eigenvalue weighted by atomic mass is 9.97. The summed E-state index contributed by atoms with van der Waals surface area (Å²) >= 11 is 0. The minimum Gasteiger partial charge on any atom is -0.456 e. The summed E-state index contributed by atoms with van der Waals surface area (Å²) < 4.78 is 10.8. The summed E-state index contributed by atoms with van der Waals surface area (Å²) in [5, 5.41) is 5.67. The molecule has 0 bridgehead atoms. The van der Waals surface area contributed by atoms with Gasteiger partial charge in [-0.15, -0.1) is 0 Å². The molecule has 0 aliphatic carbocycles. The molecule has 11 aromatic rings. The molecule has 0 unspecified atom stereocenters. The third-order valence-corrected chi connectivity index (χ3v) is 10.2. The minimum absolute atomic E-state index is 0.849. The van der Waals surface area contributed by atoms with Crippen molar-refractivity contribution in [1.29, 1.82) is 0 Å². The predicted molar refractivity (Wildman–Crippen MR) is 209 cm³/mol. The Kier molecular flexibility index (Phi) is 5.89. The summed E-state index contributed by atoms with van der Waals surface area (Å²) in [6.45, 7) is 0. The van der Waals surface area contributed by atoms with Crippen molar-refractivity contribution in [1.82, 2.24) is 19.1 Å². The molecule has 0 aliphatic rings. The minimum atomic E-state index is 0.849. The van der Waals surface area contributed by atoms with Crippen LogP contribution in [0.15, 0.2) is 175 Å². The highest BCUT2D eigenvalue weighted by atomic mass is 16.3. The van der Waals surface area contributed by atoms with Crippen molar-refractivity contribution in [2.24, 2.45) is 0 Å². The van der Waals surface area contributed by atoms with Gasteiger partial charge in [-0.2, -0.15) is 0 Å². The molecule has 0 aliphatic heterocycles. The summed E-state index contributed by atoms with van der Waals surface area (Å²) in [6.07, 6.45) is 5.54. The van der Waals surface area contributed by atoms with Gasteiger partial charge in [0.15, 0.2) is 0 Å². The van der Waals surface area contributed by atoms with Crippen molar-refractivity contribution in [3.63, 3.8) is 0 Å². The molecule has 0 spiro atoms. The molecule has 0 saturated heterocycles. The summed E-state index contributed by atoms with van der Waals surface area (Å²) in [5.41, 5.74) is 14.2. The molecule has 0 fully saturated rings. The van der Waals surface area contributed by atoms with Gasteiger partial charge in [0.05, 0.1) is 27.6 Å². The standard InChI is InChI=1S/C46H28N4O/c1-2-10-33(11-3-1)49-42-19-16-32(26-38(42)46-43(49)14-7-22-48-46)30-9-6-8-29(24-30)31-15-18-41-36(25-31)35-12-4-5-13-40(35)50(41)34-17-20-44-37(27-34)39-28-47-23-21-45(39)51-44/h1-28H. The zero-order chi connectivity index (χ0) is 33.5. The number of rotatable bonds is 4. The second kappa shape index (κ2) is 10.8. The van der Waals surface area contributed by atoms with Crippen molar-refractivity contribution >= 4 is 65.7 Å². The number of pyridine rings is 2. The Balaban J connectivity index is 1.04. The van der Waals surface area contributed by atoms with Gasteiger partial charge in [-0.1, -0.05) is 66.7 Å². The fourth-order valence-electron chi connectivity index (χ4n) is 7.93. The highest BCUT2D eigenvalue weighted by molar-refractivity contribution is 6.12. The van der Waals surface area contributed by atoms with Gasteiger partial charge in [-0.25, -0.2) is 0 Å². The van der Waals surface area contributed by atoms with Crippen LogP contribution in [0.2, 0.25) is 0 Å². The largest absolute Gasteiger partial charge is 0.456 e. The maximum atomic E-state index is 6.11. The number of hydrogen-bond acceptors (Lipinski definition) is 3. The molecule has 0 saturated carbocycles. The van der Waals surface area contributed by atoms with E-state index < -0.39 is 0 Å². The van der Waals surface area contributed by atoms with Gasteiger partial charge >= 0.3 is 0 Å². The summed E-state index contributed by atoms with van der Waals surface area (Å²) in [7, 11) is 0. The Morgan fingerprint density at radius 1 is 0.392 bits per heavy atom. The number of furan rings is 1. The predicted octanol–water partition coefficient (Wildman–Crippen LogP) is 11.9. The topological polar surface area (TPSA) is 48.8 Å². The fraction of sp³-hybridized carbons (Fsp3) is 0. The van der Waals surface area contributed by atoms with Gasteiger partial charge < -0.3 is 13.6 Å². The number of benzene rings is 6. The van der Waals surface area contributed by atoms with E-state index in [9.17, 15) is 0 Å². The van der Waals surface area contributed by atoms with Gasteiger partial charge in [0, 0.05) is 56.9 Å². The zero-order valence-electron chi connectivity index (χ0n) is 27.4. The van der Waals surface area contributed by atoms with E-state index in [4.69, 9.17) is 9.40 Å². The Morgan fingerprint density at radius 3 is 1.94 bits per heavy atom. The molecule has 5 nitrogen and oxygen atoms in total. The van der Waals surface area contributed by atoms with Crippen LogP contribution in [0.5, 0.6) is 0 Å². The van der Waals surface area contributed by atoms with Gasteiger partial charge in [0.1, 0.15) is 11.2 Å². The lowest BCUT2D eigenvalue weighted by Crippen LogP contribution is -1.93. The zero-order valence-corrected chi connectivity index (χ0v) is 27.4. The maximum absolute atomic E-state index is 6.11. The first-order valence-electron chi connectivity index (χ1n) is 17.1. The van der Waals surface area contributed by atoms with E-state index in [1.165, 1.54) is 33.0 Å². The molecule has 238 valence electrons. The van der Waals surface area contributed by atoms with E-state index in [1.54, 1.807) is 6.20 Å². The van der Waals surface area contributed by atoms with Crippen molar-refractivity contribution < 1.29 is 4.42 Å². The molecular formula is C46H28N4O. The van der Waals surface area contributed by atoms with Gasteiger partial charge in [-0.3, -0.25) is 9.97 Å². The molecule has 5 heteroatoms. The first-order valence-corrected chi connectivity index (χ1v) is 17.1. The summed E-state index contributed by atoms with van der Waals surface area (Å²) in [5.74, 6) is 0. The molecule has 0 N–H and O–H groups in total. The lowest BCUT2D eigenvalue weighted by Gasteiger charge is -2.10. The van der Waals surface area contributed by atoms with E-state index >= 15 is 0 Å². The highest BCUT2D eigenvalue weighted by Crippen LogP contribution is 2.39. The molecule has 5 aromatic heterocycles. The van der Waals surface area contributed by atoms with Crippen LogP contribution in [-0.4, -0.2) is 19.1 Å². The molecule has 0 atom stereocenters. The quantitative estimate of drug-likeness (QED) is 0.190.